The molecule has 0 radical (unpaired) electrons. The molecule has 8 nitrogen and oxygen atoms in total. The lowest BCUT2D eigenvalue weighted by atomic mass is 10.0. The first kappa shape index (κ1) is 23.3. The molecule has 0 aliphatic carbocycles. The van der Waals surface area contributed by atoms with E-state index in [0.29, 0.717) is 12.1 Å². The van der Waals surface area contributed by atoms with E-state index >= 15 is 0 Å². The molecule has 0 saturated heterocycles. The molecule has 0 bridgehead atoms. The van der Waals surface area contributed by atoms with Crippen molar-refractivity contribution >= 4 is 16.9 Å². The van der Waals surface area contributed by atoms with Crippen molar-refractivity contribution in [2.24, 2.45) is 7.05 Å². The summed E-state index contributed by atoms with van der Waals surface area (Å²) in [5.74, 6) is -0.814. The molecular formula is C23H23F3N6O2. The van der Waals surface area contributed by atoms with Crippen molar-refractivity contribution in [3.8, 4) is 17.1 Å². The smallest absolute Gasteiger partial charge is 0.417 e. The molecule has 0 fully saturated rings. The number of rotatable bonds is 7. The highest BCUT2D eigenvalue weighted by Gasteiger charge is 2.36. The minimum absolute atomic E-state index is 0.00398. The van der Waals surface area contributed by atoms with E-state index in [0.717, 1.165) is 11.8 Å². The number of halogens is 3. The Bertz CT molecular complexity index is 1310. The van der Waals surface area contributed by atoms with Crippen LogP contribution < -0.4 is 10.1 Å². The van der Waals surface area contributed by atoms with Gasteiger partial charge < -0.3 is 10.1 Å². The Morgan fingerprint density at radius 3 is 2.62 bits per heavy atom. The maximum absolute atomic E-state index is 14.0. The van der Waals surface area contributed by atoms with Crippen molar-refractivity contribution in [1.29, 1.82) is 0 Å². The fourth-order valence-electron chi connectivity index (χ4n) is 3.79. The molecule has 0 spiro atoms. The van der Waals surface area contributed by atoms with Gasteiger partial charge in [-0.1, -0.05) is 30.3 Å². The highest BCUT2D eigenvalue weighted by Crippen LogP contribution is 2.40. The fourth-order valence-corrected chi connectivity index (χ4v) is 3.79. The number of ether oxygens (including phenoxy) is 1. The first-order valence-electron chi connectivity index (χ1n) is 10.6. The number of carbonyl (C=O) groups excluding carboxylic acids is 1. The Morgan fingerprint density at radius 2 is 1.94 bits per heavy atom. The Balaban J connectivity index is 1.60. The minimum atomic E-state index is -4.68. The predicted molar refractivity (Wildman–Crippen MR) is 119 cm³/mol. The Kier molecular flexibility index (Phi) is 6.27. The van der Waals surface area contributed by atoms with E-state index in [9.17, 15) is 18.0 Å². The molecule has 1 aromatic carbocycles. The summed E-state index contributed by atoms with van der Waals surface area (Å²) in [5, 5.41) is 11.1. The number of amides is 1. The molecule has 0 saturated carbocycles. The average Bonchev–Trinajstić information content (AvgIpc) is 3.42. The molecule has 11 heteroatoms. The van der Waals surface area contributed by atoms with Crippen LogP contribution >= 0.6 is 0 Å². The lowest BCUT2D eigenvalue weighted by Crippen LogP contribution is -2.32. The summed E-state index contributed by atoms with van der Waals surface area (Å²) in [6.07, 6.45) is -3.05. The first-order chi connectivity index (χ1) is 16.2. The zero-order valence-corrected chi connectivity index (χ0v) is 18.8. The van der Waals surface area contributed by atoms with Gasteiger partial charge in [0.1, 0.15) is 5.69 Å². The predicted octanol–water partition coefficient (Wildman–Crippen LogP) is 4.13. The number of hydrogen-bond acceptors (Lipinski definition) is 5. The van der Waals surface area contributed by atoms with Crippen molar-refractivity contribution in [3.63, 3.8) is 0 Å². The number of pyridine rings is 1. The van der Waals surface area contributed by atoms with Crippen LogP contribution in [-0.4, -0.2) is 37.1 Å². The summed E-state index contributed by atoms with van der Waals surface area (Å²) in [5.41, 5.74) is 0.583. The second-order valence-electron chi connectivity index (χ2n) is 7.69. The zero-order chi connectivity index (χ0) is 24.5. The van der Waals surface area contributed by atoms with Gasteiger partial charge >= 0.3 is 6.18 Å². The standard InChI is InChI=1S/C23H23F3N6O2/c1-4-32-17(10-11-27-32)14(2)28-18(33)13-34-19-12-16(23(24,25)26)20-21(15-8-6-5-7-9-15)30-31(3)22(20)29-19/h5-12,14H,4,13H2,1-3H3,(H,28,33). The van der Waals surface area contributed by atoms with E-state index in [4.69, 9.17) is 4.74 Å². The molecule has 4 aromatic rings. The summed E-state index contributed by atoms with van der Waals surface area (Å²) in [6, 6.07) is 10.8. The largest absolute Gasteiger partial charge is 0.467 e. The second-order valence-corrected chi connectivity index (χ2v) is 7.69. The van der Waals surface area contributed by atoms with E-state index in [1.165, 1.54) is 11.7 Å². The second kappa shape index (κ2) is 9.16. The Morgan fingerprint density at radius 1 is 1.21 bits per heavy atom. The molecule has 1 atom stereocenters. The molecule has 1 unspecified atom stereocenters. The molecule has 1 N–H and O–H groups in total. The number of benzene rings is 1. The van der Waals surface area contributed by atoms with E-state index in [1.807, 2.05) is 6.92 Å². The van der Waals surface area contributed by atoms with Crippen LogP contribution in [0.1, 0.15) is 31.1 Å². The SMILES string of the molecule is CCn1nccc1C(C)NC(=O)COc1cc(C(F)(F)F)c2c(-c3ccccc3)nn(C)c2n1. The van der Waals surface area contributed by atoms with Crippen LogP contribution in [0.5, 0.6) is 5.88 Å². The first-order valence-corrected chi connectivity index (χ1v) is 10.6. The van der Waals surface area contributed by atoms with Crippen LogP contribution in [-0.2, 0) is 24.6 Å². The summed E-state index contributed by atoms with van der Waals surface area (Å²) < 4.78 is 50.4. The van der Waals surface area contributed by atoms with Gasteiger partial charge in [0.15, 0.2) is 12.3 Å². The monoisotopic (exact) mass is 472 g/mol. The molecule has 178 valence electrons. The molecule has 0 aliphatic rings. The molecule has 34 heavy (non-hydrogen) atoms. The van der Waals surface area contributed by atoms with Crippen molar-refractivity contribution in [2.45, 2.75) is 32.6 Å². The van der Waals surface area contributed by atoms with Crippen LogP contribution in [0, 0.1) is 0 Å². The van der Waals surface area contributed by atoms with Gasteiger partial charge in [-0.05, 0) is 19.9 Å². The fraction of sp³-hybridized carbons (Fsp3) is 0.304. The third-order valence-electron chi connectivity index (χ3n) is 5.34. The van der Waals surface area contributed by atoms with Crippen LogP contribution in [0.3, 0.4) is 0 Å². The number of aryl methyl sites for hydroxylation is 2. The molecule has 0 aliphatic heterocycles. The Hall–Kier alpha value is -3.89. The third kappa shape index (κ3) is 4.59. The minimum Gasteiger partial charge on any atom is -0.467 e. The van der Waals surface area contributed by atoms with Crippen molar-refractivity contribution in [2.75, 3.05) is 6.61 Å². The Labute approximate surface area is 193 Å². The molecule has 3 heterocycles. The maximum Gasteiger partial charge on any atom is 0.417 e. The number of nitrogens with zero attached hydrogens (tertiary/aromatic N) is 5. The zero-order valence-electron chi connectivity index (χ0n) is 18.8. The molecule has 3 aromatic heterocycles. The molecule has 1 amide bonds. The van der Waals surface area contributed by atoms with Gasteiger partial charge in [-0.2, -0.15) is 28.4 Å². The summed E-state index contributed by atoms with van der Waals surface area (Å²) in [4.78, 5) is 16.6. The topological polar surface area (TPSA) is 86.9 Å². The lowest BCUT2D eigenvalue weighted by molar-refractivity contribution is -0.136. The molecular weight excluding hydrogens is 449 g/mol. The highest BCUT2D eigenvalue weighted by molar-refractivity contribution is 5.94. The highest BCUT2D eigenvalue weighted by atomic mass is 19.4. The lowest BCUT2D eigenvalue weighted by Gasteiger charge is -2.16. The van der Waals surface area contributed by atoms with Crippen LogP contribution in [0.4, 0.5) is 13.2 Å². The van der Waals surface area contributed by atoms with Crippen molar-refractivity contribution in [1.82, 2.24) is 29.9 Å². The van der Waals surface area contributed by atoms with E-state index in [2.05, 4.69) is 20.5 Å². The average molecular weight is 472 g/mol. The summed E-state index contributed by atoms with van der Waals surface area (Å²) >= 11 is 0. The van der Waals surface area contributed by atoms with Crippen LogP contribution in [0.15, 0.2) is 48.7 Å². The molecule has 4 rings (SSSR count). The van der Waals surface area contributed by atoms with E-state index < -0.39 is 24.3 Å². The number of hydrogen-bond donors (Lipinski definition) is 1. The van der Waals surface area contributed by atoms with Gasteiger partial charge in [0, 0.05) is 31.4 Å². The number of fused-ring (bicyclic) bond motifs is 1. The quantitative estimate of drug-likeness (QED) is 0.437. The van der Waals surface area contributed by atoms with Gasteiger partial charge in [-0.15, -0.1) is 0 Å². The van der Waals surface area contributed by atoms with Gasteiger partial charge in [0.2, 0.25) is 5.88 Å². The number of alkyl halides is 3. The number of aromatic nitrogens is 5. The van der Waals surface area contributed by atoms with Crippen LogP contribution in [0.2, 0.25) is 0 Å². The summed E-state index contributed by atoms with van der Waals surface area (Å²) in [6.45, 7) is 3.85. The van der Waals surface area contributed by atoms with Gasteiger partial charge in [0.05, 0.1) is 22.7 Å². The van der Waals surface area contributed by atoms with E-state index in [1.54, 1.807) is 54.2 Å². The van der Waals surface area contributed by atoms with Crippen molar-refractivity contribution in [3.05, 3.63) is 59.9 Å². The maximum atomic E-state index is 14.0. The van der Waals surface area contributed by atoms with Gasteiger partial charge in [0.25, 0.3) is 5.91 Å². The number of nitrogens with one attached hydrogen (secondary N) is 1. The normalized spacial score (nSPS) is 12.6. The third-order valence-corrected chi connectivity index (χ3v) is 5.34. The van der Waals surface area contributed by atoms with E-state index in [-0.39, 0.29) is 28.6 Å². The van der Waals surface area contributed by atoms with Gasteiger partial charge in [-0.25, -0.2) is 4.68 Å². The summed E-state index contributed by atoms with van der Waals surface area (Å²) in [7, 11) is 1.51. The van der Waals surface area contributed by atoms with Gasteiger partial charge in [-0.3, -0.25) is 9.48 Å². The number of carbonyl (C=O) groups is 1. The van der Waals surface area contributed by atoms with Crippen molar-refractivity contribution < 1.29 is 22.7 Å². The van der Waals surface area contributed by atoms with Crippen LogP contribution in [0.25, 0.3) is 22.3 Å².